The van der Waals surface area contributed by atoms with E-state index >= 15 is 0 Å². The summed E-state index contributed by atoms with van der Waals surface area (Å²) in [5, 5.41) is 0. The first-order chi connectivity index (χ1) is 18.1. The van der Waals surface area contributed by atoms with Gasteiger partial charge in [-0.25, -0.2) is 4.39 Å². The van der Waals surface area contributed by atoms with Crippen molar-refractivity contribution in [1.29, 1.82) is 0 Å². The Labute approximate surface area is 224 Å². The first-order valence-corrected chi connectivity index (χ1v) is 13.2. The van der Waals surface area contributed by atoms with Gasteiger partial charge in [-0.1, -0.05) is 45.0 Å². The molecule has 1 fully saturated rings. The van der Waals surface area contributed by atoms with Crippen LogP contribution < -0.4 is 0 Å². The Bertz CT molecular complexity index is 1220. The number of ether oxygens (including phenoxy) is 1. The molecule has 1 unspecified atom stereocenters. The van der Waals surface area contributed by atoms with E-state index in [1.54, 1.807) is 21.9 Å². The SMILES string of the molecule is Cc1ccc(CN(Cc2ccc(F)cc2)C(=O)CN(CC2CCCO2)C(=O)c2ccc(C(C)(C)C)cc2)o1. The molecule has 1 aliphatic rings. The van der Waals surface area contributed by atoms with Crippen LogP contribution in [0.4, 0.5) is 4.39 Å². The molecule has 0 bridgehead atoms. The van der Waals surface area contributed by atoms with Crippen molar-refractivity contribution >= 4 is 11.8 Å². The van der Waals surface area contributed by atoms with Crippen LogP contribution in [0, 0.1) is 12.7 Å². The average molecular weight is 521 g/mol. The zero-order valence-electron chi connectivity index (χ0n) is 22.7. The summed E-state index contributed by atoms with van der Waals surface area (Å²) in [5.41, 5.74) is 2.43. The van der Waals surface area contributed by atoms with Gasteiger partial charge < -0.3 is 19.0 Å². The van der Waals surface area contributed by atoms with E-state index in [1.807, 2.05) is 43.3 Å². The number of hydrogen-bond donors (Lipinski definition) is 0. The van der Waals surface area contributed by atoms with E-state index in [0.29, 0.717) is 24.5 Å². The number of carbonyl (C=O) groups is 2. The van der Waals surface area contributed by atoms with Gasteiger partial charge in [-0.3, -0.25) is 9.59 Å². The van der Waals surface area contributed by atoms with E-state index in [2.05, 4.69) is 20.8 Å². The number of benzene rings is 2. The highest BCUT2D eigenvalue weighted by Crippen LogP contribution is 2.23. The molecule has 2 amide bonds. The van der Waals surface area contributed by atoms with Gasteiger partial charge >= 0.3 is 0 Å². The summed E-state index contributed by atoms with van der Waals surface area (Å²) >= 11 is 0. The molecule has 0 saturated carbocycles. The summed E-state index contributed by atoms with van der Waals surface area (Å²) in [6.07, 6.45) is 1.69. The number of furan rings is 1. The normalized spacial score (nSPS) is 15.4. The second kappa shape index (κ2) is 11.9. The quantitative estimate of drug-likeness (QED) is 0.354. The van der Waals surface area contributed by atoms with Crippen LogP contribution in [0.5, 0.6) is 0 Å². The fourth-order valence-corrected chi connectivity index (χ4v) is 4.61. The molecule has 0 N–H and O–H groups in total. The Hall–Kier alpha value is -3.45. The van der Waals surface area contributed by atoms with Crippen LogP contribution in [0.15, 0.2) is 65.1 Å². The minimum Gasteiger partial charge on any atom is -0.464 e. The van der Waals surface area contributed by atoms with Gasteiger partial charge in [0.2, 0.25) is 5.91 Å². The van der Waals surface area contributed by atoms with Gasteiger partial charge in [0, 0.05) is 25.3 Å². The largest absolute Gasteiger partial charge is 0.464 e. The first-order valence-electron chi connectivity index (χ1n) is 13.2. The zero-order valence-corrected chi connectivity index (χ0v) is 22.7. The van der Waals surface area contributed by atoms with Gasteiger partial charge in [0.1, 0.15) is 23.9 Å². The maximum atomic E-state index is 13.7. The predicted octanol–water partition coefficient (Wildman–Crippen LogP) is 5.87. The molecule has 4 rings (SSSR count). The third kappa shape index (κ3) is 7.32. The van der Waals surface area contributed by atoms with E-state index in [4.69, 9.17) is 9.15 Å². The van der Waals surface area contributed by atoms with Crippen LogP contribution >= 0.6 is 0 Å². The molecular weight excluding hydrogens is 483 g/mol. The van der Waals surface area contributed by atoms with Crippen molar-refractivity contribution in [3.63, 3.8) is 0 Å². The van der Waals surface area contributed by atoms with Crippen LogP contribution in [-0.4, -0.2) is 47.4 Å². The molecule has 3 aromatic rings. The summed E-state index contributed by atoms with van der Waals surface area (Å²) in [7, 11) is 0. The van der Waals surface area contributed by atoms with Crippen molar-refractivity contribution in [1.82, 2.24) is 9.80 Å². The third-order valence-electron chi connectivity index (χ3n) is 6.84. The summed E-state index contributed by atoms with van der Waals surface area (Å²) in [5.74, 6) is 0.640. The van der Waals surface area contributed by atoms with E-state index in [0.717, 1.165) is 29.7 Å². The zero-order chi connectivity index (χ0) is 27.3. The lowest BCUT2D eigenvalue weighted by molar-refractivity contribution is -0.133. The van der Waals surface area contributed by atoms with Gasteiger partial charge in [-0.2, -0.15) is 0 Å². The van der Waals surface area contributed by atoms with E-state index in [9.17, 15) is 14.0 Å². The molecule has 38 heavy (non-hydrogen) atoms. The van der Waals surface area contributed by atoms with E-state index in [1.165, 1.54) is 12.1 Å². The summed E-state index contributed by atoms with van der Waals surface area (Å²) in [6, 6.07) is 17.4. The Morgan fingerprint density at radius 2 is 1.66 bits per heavy atom. The lowest BCUT2D eigenvalue weighted by Gasteiger charge is -2.29. The van der Waals surface area contributed by atoms with Gasteiger partial charge in [-0.15, -0.1) is 0 Å². The second-order valence-electron chi connectivity index (χ2n) is 11.0. The van der Waals surface area contributed by atoms with Gasteiger partial charge in [-0.05, 0) is 72.7 Å². The number of halogens is 1. The monoisotopic (exact) mass is 520 g/mol. The van der Waals surface area contributed by atoms with Crippen molar-refractivity contribution in [3.05, 3.63) is 94.7 Å². The maximum Gasteiger partial charge on any atom is 0.254 e. The van der Waals surface area contributed by atoms with Crippen LogP contribution in [0.25, 0.3) is 0 Å². The molecule has 6 nitrogen and oxygen atoms in total. The average Bonchev–Trinajstić information content (AvgIpc) is 3.55. The van der Waals surface area contributed by atoms with Gasteiger partial charge in [0.25, 0.3) is 5.91 Å². The molecule has 2 aromatic carbocycles. The maximum absolute atomic E-state index is 13.7. The molecule has 0 spiro atoms. The molecule has 1 aromatic heterocycles. The predicted molar refractivity (Wildman–Crippen MR) is 144 cm³/mol. The Balaban J connectivity index is 1.56. The highest BCUT2D eigenvalue weighted by atomic mass is 19.1. The van der Waals surface area contributed by atoms with Crippen LogP contribution in [0.1, 0.15) is 66.6 Å². The minimum atomic E-state index is -0.334. The standard InChI is InChI=1S/C31H37FN2O4/c1-22-7-16-28(38-22)20-33(18-23-8-14-26(32)15-9-23)29(35)21-34(19-27-6-5-17-37-27)30(36)24-10-12-25(13-11-24)31(2,3)4/h7-16,27H,5-6,17-21H2,1-4H3. The van der Waals surface area contributed by atoms with Crippen LogP contribution in [0.3, 0.4) is 0 Å². The fourth-order valence-electron chi connectivity index (χ4n) is 4.61. The van der Waals surface area contributed by atoms with E-state index < -0.39 is 0 Å². The summed E-state index contributed by atoms with van der Waals surface area (Å²) < 4.78 is 25.0. The number of amides is 2. The Morgan fingerprint density at radius 3 is 2.24 bits per heavy atom. The third-order valence-corrected chi connectivity index (χ3v) is 6.84. The number of aryl methyl sites for hydroxylation is 1. The number of carbonyl (C=O) groups excluding carboxylic acids is 2. The number of hydrogen-bond acceptors (Lipinski definition) is 4. The van der Waals surface area contributed by atoms with Gasteiger partial charge in [0.05, 0.1) is 12.6 Å². The molecule has 7 heteroatoms. The lowest BCUT2D eigenvalue weighted by Crippen LogP contribution is -2.45. The number of rotatable bonds is 9. The van der Waals surface area contributed by atoms with Crippen molar-refractivity contribution in [2.45, 2.75) is 65.1 Å². The highest BCUT2D eigenvalue weighted by Gasteiger charge is 2.28. The van der Waals surface area contributed by atoms with Crippen LogP contribution in [0.2, 0.25) is 0 Å². The Kier molecular flexibility index (Phi) is 8.67. The topological polar surface area (TPSA) is 63.0 Å². The number of nitrogens with zero attached hydrogens (tertiary/aromatic N) is 2. The molecule has 1 aliphatic heterocycles. The first kappa shape index (κ1) is 27.6. The lowest BCUT2D eigenvalue weighted by atomic mass is 9.86. The summed E-state index contributed by atoms with van der Waals surface area (Å²) in [6.45, 7) is 9.65. The smallest absolute Gasteiger partial charge is 0.254 e. The van der Waals surface area contributed by atoms with E-state index in [-0.39, 0.29) is 48.8 Å². The van der Waals surface area contributed by atoms with Crippen molar-refractivity contribution in [3.8, 4) is 0 Å². The molecule has 1 atom stereocenters. The molecule has 0 aliphatic carbocycles. The molecular formula is C31H37FN2O4. The van der Waals surface area contributed by atoms with Crippen LogP contribution in [-0.2, 0) is 28.0 Å². The molecule has 0 radical (unpaired) electrons. The second-order valence-corrected chi connectivity index (χ2v) is 11.0. The van der Waals surface area contributed by atoms with Crippen molar-refractivity contribution in [2.24, 2.45) is 0 Å². The summed E-state index contributed by atoms with van der Waals surface area (Å²) in [4.78, 5) is 30.6. The Morgan fingerprint density at radius 1 is 0.947 bits per heavy atom. The molecule has 2 heterocycles. The minimum absolute atomic E-state index is 0.0278. The highest BCUT2D eigenvalue weighted by molar-refractivity contribution is 5.96. The molecule has 1 saturated heterocycles. The van der Waals surface area contributed by atoms with Gasteiger partial charge in [0.15, 0.2) is 0 Å². The fraction of sp³-hybridized carbons (Fsp3) is 0.419. The van der Waals surface area contributed by atoms with Crippen molar-refractivity contribution < 1.29 is 23.1 Å². The van der Waals surface area contributed by atoms with Crippen molar-refractivity contribution in [2.75, 3.05) is 19.7 Å². The molecule has 202 valence electrons.